The number of amides is 1. The largest absolute Gasteiger partial charge is 0.320 e. The lowest BCUT2D eigenvalue weighted by Gasteiger charge is -2.22. The molecule has 26 heavy (non-hydrogen) atoms. The van der Waals surface area contributed by atoms with E-state index in [1.165, 1.54) is 24.5 Å². The maximum Gasteiger partial charge on any atom is 0.244 e. The van der Waals surface area contributed by atoms with Crippen LogP contribution in [0.25, 0.3) is 10.2 Å². The van der Waals surface area contributed by atoms with Gasteiger partial charge in [-0.25, -0.2) is 18.2 Å². The molecule has 0 aliphatic carbocycles. The molecule has 3 aromatic rings. The molecule has 0 fully saturated rings. The fourth-order valence-electron chi connectivity index (χ4n) is 2.76. The SMILES string of the molecule is Cc1nc2c(F)c(N(C)C(=O)[C@@H](N)Cc3cc(F)cc(F)c3)ccc2s1. The van der Waals surface area contributed by atoms with Gasteiger partial charge in [-0.2, -0.15) is 0 Å². The highest BCUT2D eigenvalue weighted by molar-refractivity contribution is 7.18. The Kier molecular flexibility index (Phi) is 4.97. The number of hydrogen-bond donors (Lipinski definition) is 1. The number of nitrogens with two attached hydrogens (primary N) is 1. The van der Waals surface area contributed by atoms with Gasteiger partial charge in [-0.1, -0.05) is 0 Å². The number of halogens is 3. The van der Waals surface area contributed by atoms with E-state index in [4.69, 9.17) is 5.73 Å². The summed E-state index contributed by atoms with van der Waals surface area (Å²) < 4.78 is 41.9. The third kappa shape index (κ3) is 3.56. The number of benzene rings is 2. The second kappa shape index (κ2) is 7.05. The van der Waals surface area contributed by atoms with Crippen molar-refractivity contribution in [3.63, 3.8) is 0 Å². The van der Waals surface area contributed by atoms with Gasteiger partial charge in [0.2, 0.25) is 5.91 Å². The molecule has 3 rings (SSSR count). The molecule has 0 saturated carbocycles. The third-order valence-electron chi connectivity index (χ3n) is 3.97. The fraction of sp³-hybridized carbons (Fsp3) is 0.222. The van der Waals surface area contributed by atoms with Gasteiger partial charge in [0.05, 0.1) is 21.4 Å². The van der Waals surface area contributed by atoms with Gasteiger partial charge < -0.3 is 10.6 Å². The van der Waals surface area contributed by atoms with E-state index < -0.39 is 29.4 Å². The fourth-order valence-corrected chi connectivity index (χ4v) is 3.58. The topological polar surface area (TPSA) is 59.2 Å². The minimum atomic E-state index is -1.08. The summed E-state index contributed by atoms with van der Waals surface area (Å²) in [5.41, 5.74) is 6.38. The first-order valence-corrected chi connectivity index (χ1v) is 8.61. The van der Waals surface area contributed by atoms with E-state index >= 15 is 0 Å². The Bertz CT molecular complexity index is 969. The Hall–Kier alpha value is -2.45. The van der Waals surface area contributed by atoms with Gasteiger partial charge in [-0.05, 0) is 43.2 Å². The van der Waals surface area contributed by atoms with Gasteiger partial charge in [0.1, 0.15) is 17.2 Å². The summed E-state index contributed by atoms with van der Waals surface area (Å²) in [7, 11) is 1.40. The molecule has 4 nitrogen and oxygen atoms in total. The predicted octanol–water partition coefficient (Wildman–Crippen LogP) is 3.55. The normalized spacial score (nSPS) is 12.4. The van der Waals surface area contributed by atoms with Crippen LogP contribution in [0, 0.1) is 24.4 Å². The molecule has 136 valence electrons. The van der Waals surface area contributed by atoms with Crippen molar-refractivity contribution in [3.8, 4) is 0 Å². The number of aromatic nitrogens is 1. The molecule has 0 aliphatic rings. The first-order chi connectivity index (χ1) is 12.3. The van der Waals surface area contributed by atoms with Crippen LogP contribution in [0.2, 0.25) is 0 Å². The van der Waals surface area contributed by atoms with Gasteiger partial charge >= 0.3 is 0 Å². The van der Waals surface area contributed by atoms with E-state index in [2.05, 4.69) is 4.98 Å². The Morgan fingerprint density at radius 3 is 2.54 bits per heavy atom. The van der Waals surface area contributed by atoms with E-state index in [0.717, 1.165) is 28.1 Å². The zero-order valence-corrected chi connectivity index (χ0v) is 14.9. The highest BCUT2D eigenvalue weighted by Gasteiger charge is 2.24. The van der Waals surface area contributed by atoms with Crippen LogP contribution in [0.5, 0.6) is 0 Å². The van der Waals surface area contributed by atoms with E-state index in [9.17, 15) is 18.0 Å². The molecule has 0 radical (unpaired) electrons. The summed E-state index contributed by atoms with van der Waals surface area (Å²) in [6.07, 6.45) is -0.0719. The molecule has 0 spiro atoms. The zero-order chi connectivity index (χ0) is 19.0. The first-order valence-electron chi connectivity index (χ1n) is 7.80. The number of fused-ring (bicyclic) bond motifs is 1. The predicted molar refractivity (Wildman–Crippen MR) is 95.8 cm³/mol. The van der Waals surface area contributed by atoms with Crippen molar-refractivity contribution in [1.82, 2.24) is 4.98 Å². The number of hydrogen-bond acceptors (Lipinski definition) is 4. The molecule has 1 amide bonds. The summed E-state index contributed by atoms with van der Waals surface area (Å²) in [5, 5.41) is 0.717. The third-order valence-corrected chi connectivity index (χ3v) is 4.91. The standard InChI is InChI=1S/C18H16F3N3OS/c1-9-23-17-15(26-9)4-3-14(16(17)21)24(2)18(25)13(22)7-10-5-11(19)8-12(20)6-10/h3-6,8,13H,7,22H2,1-2H3/t13-/m0/s1. The number of aryl methyl sites for hydroxylation is 1. The van der Waals surface area contributed by atoms with Crippen molar-refractivity contribution >= 4 is 33.1 Å². The minimum absolute atomic E-state index is 0.0497. The lowest BCUT2D eigenvalue weighted by atomic mass is 10.0. The minimum Gasteiger partial charge on any atom is -0.320 e. The monoisotopic (exact) mass is 379 g/mol. The van der Waals surface area contributed by atoms with Crippen LogP contribution in [0.15, 0.2) is 30.3 Å². The molecule has 0 aliphatic heterocycles. The quantitative estimate of drug-likeness (QED) is 0.754. The van der Waals surface area contributed by atoms with Crippen LogP contribution in [0.3, 0.4) is 0 Å². The van der Waals surface area contributed by atoms with Gasteiger partial charge in [0, 0.05) is 13.1 Å². The number of carbonyl (C=O) groups is 1. The molecule has 2 N–H and O–H groups in total. The molecule has 0 bridgehead atoms. The molecule has 1 aromatic heterocycles. The van der Waals surface area contributed by atoms with Crippen LogP contribution in [-0.4, -0.2) is 24.0 Å². The van der Waals surface area contributed by atoms with Crippen LogP contribution in [-0.2, 0) is 11.2 Å². The van der Waals surface area contributed by atoms with Crippen LogP contribution in [0.4, 0.5) is 18.9 Å². The van der Waals surface area contributed by atoms with Crippen molar-refractivity contribution in [1.29, 1.82) is 0 Å². The number of anilines is 1. The Morgan fingerprint density at radius 1 is 1.23 bits per heavy atom. The number of carbonyl (C=O) groups excluding carboxylic acids is 1. The Labute approximate surface area is 152 Å². The number of nitrogens with zero attached hydrogens (tertiary/aromatic N) is 2. The summed E-state index contributed by atoms with van der Waals surface area (Å²) in [5.74, 6) is -2.67. The van der Waals surface area contributed by atoms with Crippen molar-refractivity contribution < 1.29 is 18.0 Å². The van der Waals surface area contributed by atoms with Gasteiger partial charge in [0.25, 0.3) is 0 Å². The summed E-state index contributed by atoms with van der Waals surface area (Å²) in [6.45, 7) is 1.77. The number of likely N-dealkylation sites (N-methyl/N-ethyl adjacent to an activating group) is 1. The van der Waals surface area contributed by atoms with E-state index in [1.807, 2.05) is 0 Å². The van der Waals surface area contributed by atoms with Crippen LogP contribution in [0.1, 0.15) is 10.6 Å². The lowest BCUT2D eigenvalue weighted by molar-refractivity contribution is -0.119. The van der Waals surface area contributed by atoms with Crippen molar-refractivity contribution in [2.45, 2.75) is 19.4 Å². The van der Waals surface area contributed by atoms with Crippen molar-refractivity contribution in [2.24, 2.45) is 5.73 Å². The summed E-state index contributed by atoms with van der Waals surface area (Å²) in [4.78, 5) is 17.8. The number of thiazole rings is 1. The van der Waals surface area contributed by atoms with Crippen molar-refractivity contribution in [2.75, 3.05) is 11.9 Å². The first kappa shape index (κ1) is 18.3. The maximum atomic E-state index is 14.7. The second-order valence-corrected chi connectivity index (χ2v) is 7.20. The van der Waals surface area contributed by atoms with Crippen LogP contribution >= 0.6 is 11.3 Å². The van der Waals surface area contributed by atoms with Gasteiger partial charge in [0.15, 0.2) is 5.82 Å². The van der Waals surface area contributed by atoms with Gasteiger partial charge in [-0.15, -0.1) is 11.3 Å². The molecular weight excluding hydrogens is 363 g/mol. The molecule has 8 heteroatoms. The average molecular weight is 379 g/mol. The molecular formula is C18H16F3N3OS. The molecule has 1 atom stereocenters. The number of rotatable bonds is 4. The maximum absolute atomic E-state index is 14.7. The van der Waals surface area contributed by atoms with Crippen molar-refractivity contribution in [3.05, 3.63) is 58.4 Å². The highest BCUT2D eigenvalue weighted by atomic mass is 32.1. The zero-order valence-electron chi connectivity index (χ0n) is 14.1. The van der Waals surface area contributed by atoms with E-state index in [0.29, 0.717) is 4.70 Å². The molecule has 1 heterocycles. The highest BCUT2D eigenvalue weighted by Crippen LogP contribution is 2.30. The Balaban J connectivity index is 1.83. The second-order valence-electron chi connectivity index (χ2n) is 5.96. The van der Waals surface area contributed by atoms with Crippen LogP contribution < -0.4 is 10.6 Å². The summed E-state index contributed by atoms with van der Waals surface area (Å²) >= 11 is 1.36. The molecule has 0 saturated heterocycles. The smallest absolute Gasteiger partial charge is 0.244 e. The molecule has 0 unspecified atom stereocenters. The lowest BCUT2D eigenvalue weighted by Crippen LogP contribution is -2.43. The van der Waals surface area contributed by atoms with E-state index in [-0.39, 0.29) is 23.2 Å². The average Bonchev–Trinajstić information content (AvgIpc) is 2.94. The Morgan fingerprint density at radius 2 is 1.88 bits per heavy atom. The van der Waals surface area contributed by atoms with E-state index in [1.54, 1.807) is 13.0 Å². The van der Waals surface area contributed by atoms with Gasteiger partial charge in [-0.3, -0.25) is 4.79 Å². The molecule has 2 aromatic carbocycles. The summed E-state index contributed by atoms with van der Waals surface area (Å²) in [6, 6.07) is 5.07.